The zero-order chi connectivity index (χ0) is 16.5. The Morgan fingerprint density at radius 2 is 1.38 bits per heavy atom. The number of benzene rings is 3. The van der Waals surface area contributed by atoms with Crippen LogP contribution in [-0.4, -0.2) is 0 Å². The molecule has 0 spiro atoms. The van der Waals surface area contributed by atoms with Crippen molar-refractivity contribution in [1.29, 1.82) is 0 Å². The van der Waals surface area contributed by atoms with Crippen LogP contribution in [0.25, 0.3) is 33.4 Å². The second-order valence-corrected chi connectivity index (χ2v) is 5.51. The molecule has 0 saturated carbocycles. The quantitative estimate of drug-likeness (QED) is 0.504. The van der Waals surface area contributed by atoms with Gasteiger partial charge in [-0.1, -0.05) is 60.7 Å². The van der Waals surface area contributed by atoms with E-state index in [-0.39, 0.29) is 11.0 Å². The van der Waals surface area contributed by atoms with Gasteiger partial charge in [-0.3, -0.25) is 4.79 Å². The molecule has 0 radical (unpaired) electrons. The van der Waals surface area contributed by atoms with Gasteiger partial charge in [-0.25, -0.2) is 4.39 Å². The highest BCUT2D eigenvalue weighted by atomic mass is 19.1. The van der Waals surface area contributed by atoms with Crippen molar-refractivity contribution in [1.82, 2.24) is 0 Å². The van der Waals surface area contributed by atoms with Crippen LogP contribution in [0.1, 0.15) is 0 Å². The van der Waals surface area contributed by atoms with Crippen LogP contribution >= 0.6 is 0 Å². The monoisotopic (exact) mass is 316 g/mol. The normalized spacial score (nSPS) is 10.9. The summed E-state index contributed by atoms with van der Waals surface area (Å²) in [6, 6.07) is 22.8. The number of halogens is 1. The fourth-order valence-electron chi connectivity index (χ4n) is 2.83. The van der Waals surface area contributed by atoms with Crippen LogP contribution in [0.5, 0.6) is 0 Å². The van der Waals surface area contributed by atoms with Gasteiger partial charge in [-0.2, -0.15) is 0 Å². The first-order valence-corrected chi connectivity index (χ1v) is 7.61. The molecule has 0 unspecified atom stereocenters. The third-order valence-electron chi connectivity index (χ3n) is 3.95. The maximum atomic E-state index is 13.6. The van der Waals surface area contributed by atoms with Crippen molar-refractivity contribution in [2.24, 2.45) is 0 Å². The highest BCUT2D eigenvalue weighted by Gasteiger charge is 2.17. The predicted octanol–water partition coefficient (Wildman–Crippen LogP) is 5.27. The molecule has 3 aromatic carbocycles. The summed E-state index contributed by atoms with van der Waals surface area (Å²) < 4.78 is 19.5. The van der Waals surface area contributed by atoms with E-state index in [1.165, 1.54) is 18.2 Å². The summed E-state index contributed by atoms with van der Waals surface area (Å²) >= 11 is 0. The van der Waals surface area contributed by atoms with E-state index in [1.54, 1.807) is 0 Å². The number of hydrogen-bond acceptors (Lipinski definition) is 2. The van der Waals surface area contributed by atoms with Gasteiger partial charge in [0.2, 0.25) is 5.43 Å². The summed E-state index contributed by atoms with van der Waals surface area (Å²) in [4.78, 5) is 13.1. The molecular weight excluding hydrogens is 303 g/mol. The fourth-order valence-corrected chi connectivity index (χ4v) is 2.83. The summed E-state index contributed by atoms with van der Waals surface area (Å²) in [5.41, 5.74) is 2.12. The van der Waals surface area contributed by atoms with Gasteiger partial charge in [0.25, 0.3) is 0 Å². The SMILES string of the molecule is O=c1c(-c2ccccc2)c(-c2ccccc2)oc2cc(F)ccc12. The molecule has 0 N–H and O–H groups in total. The first-order valence-electron chi connectivity index (χ1n) is 7.61. The highest BCUT2D eigenvalue weighted by Crippen LogP contribution is 2.32. The fraction of sp³-hybridized carbons (Fsp3) is 0. The molecule has 2 nitrogen and oxygen atoms in total. The molecule has 0 atom stereocenters. The van der Waals surface area contributed by atoms with Crippen molar-refractivity contribution in [2.75, 3.05) is 0 Å². The average molecular weight is 316 g/mol. The van der Waals surface area contributed by atoms with E-state index >= 15 is 0 Å². The molecule has 3 heteroatoms. The van der Waals surface area contributed by atoms with E-state index < -0.39 is 5.82 Å². The van der Waals surface area contributed by atoms with Crippen LogP contribution in [0.15, 0.2) is 88.1 Å². The Balaban J connectivity index is 2.14. The molecule has 0 bridgehead atoms. The third kappa shape index (κ3) is 2.40. The summed E-state index contributed by atoms with van der Waals surface area (Å²) in [6.45, 7) is 0. The van der Waals surface area contributed by atoms with E-state index in [9.17, 15) is 9.18 Å². The number of hydrogen-bond donors (Lipinski definition) is 0. The molecule has 1 heterocycles. The van der Waals surface area contributed by atoms with Crippen molar-refractivity contribution in [2.45, 2.75) is 0 Å². The van der Waals surface area contributed by atoms with E-state index in [1.807, 2.05) is 60.7 Å². The van der Waals surface area contributed by atoms with Crippen molar-refractivity contribution in [3.63, 3.8) is 0 Å². The van der Waals surface area contributed by atoms with Gasteiger partial charge in [-0.15, -0.1) is 0 Å². The van der Waals surface area contributed by atoms with E-state index in [2.05, 4.69) is 0 Å². The minimum atomic E-state index is -0.433. The standard InChI is InChI=1S/C21H13FO2/c22-16-11-12-17-18(13-16)24-21(15-9-5-2-6-10-15)19(20(17)23)14-7-3-1-4-8-14/h1-13H. The van der Waals surface area contributed by atoms with Gasteiger partial charge in [-0.05, 0) is 17.7 Å². The third-order valence-corrected chi connectivity index (χ3v) is 3.95. The van der Waals surface area contributed by atoms with Crippen molar-refractivity contribution in [3.8, 4) is 22.5 Å². The molecule has 0 fully saturated rings. The maximum absolute atomic E-state index is 13.6. The van der Waals surface area contributed by atoms with Crippen LogP contribution in [0.3, 0.4) is 0 Å². The Labute approximate surface area is 137 Å². The smallest absolute Gasteiger partial charge is 0.201 e. The first kappa shape index (κ1) is 14.4. The van der Waals surface area contributed by atoms with Crippen LogP contribution in [0.4, 0.5) is 4.39 Å². The second kappa shape index (κ2) is 5.78. The molecule has 0 saturated heterocycles. The van der Waals surface area contributed by atoms with Gasteiger partial charge >= 0.3 is 0 Å². The Morgan fingerprint density at radius 1 is 0.750 bits per heavy atom. The zero-order valence-corrected chi connectivity index (χ0v) is 12.7. The van der Waals surface area contributed by atoms with E-state index in [0.29, 0.717) is 16.7 Å². The summed E-state index contributed by atoms with van der Waals surface area (Å²) in [5.74, 6) is 0.0158. The second-order valence-electron chi connectivity index (χ2n) is 5.51. The number of fused-ring (bicyclic) bond motifs is 1. The molecule has 4 aromatic rings. The Morgan fingerprint density at radius 3 is 2.04 bits per heavy atom. The molecule has 116 valence electrons. The molecule has 0 amide bonds. The largest absolute Gasteiger partial charge is 0.455 e. The van der Waals surface area contributed by atoms with Crippen LogP contribution < -0.4 is 5.43 Å². The van der Waals surface area contributed by atoms with Crippen LogP contribution in [0, 0.1) is 5.82 Å². The van der Waals surface area contributed by atoms with Gasteiger partial charge in [0.15, 0.2) is 0 Å². The Kier molecular flexibility index (Phi) is 3.47. The van der Waals surface area contributed by atoms with Crippen molar-refractivity contribution < 1.29 is 8.81 Å². The maximum Gasteiger partial charge on any atom is 0.201 e. The molecule has 1 aromatic heterocycles. The Hall–Kier alpha value is -3.20. The average Bonchev–Trinajstić information content (AvgIpc) is 2.63. The van der Waals surface area contributed by atoms with Gasteiger partial charge in [0.1, 0.15) is 17.2 Å². The van der Waals surface area contributed by atoms with Crippen molar-refractivity contribution in [3.05, 3.63) is 94.9 Å². The lowest BCUT2D eigenvalue weighted by Gasteiger charge is -2.10. The molecule has 24 heavy (non-hydrogen) atoms. The minimum Gasteiger partial charge on any atom is -0.455 e. The molecule has 0 aliphatic heterocycles. The van der Waals surface area contributed by atoms with Crippen molar-refractivity contribution >= 4 is 11.0 Å². The first-order chi connectivity index (χ1) is 11.7. The molecule has 0 aliphatic rings. The zero-order valence-electron chi connectivity index (χ0n) is 12.7. The molecular formula is C21H13FO2. The van der Waals surface area contributed by atoms with E-state index in [4.69, 9.17) is 4.42 Å². The number of rotatable bonds is 2. The molecule has 0 aliphatic carbocycles. The van der Waals surface area contributed by atoms with E-state index in [0.717, 1.165) is 11.1 Å². The lowest BCUT2D eigenvalue weighted by Crippen LogP contribution is -2.07. The summed E-state index contributed by atoms with van der Waals surface area (Å²) in [5, 5.41) is 0.370. The van der Waals surface area contributed by atoms with Gasteiger partial charge < -0.3 is 4.42 Å². The minimum absolute atomic E-state index is 0.165. The van der Waals surface area contributed by atoms with Crippen LogP contribution in [0.2, 0.25) is 0 Å². The topological polar surface area (TPSA) is 30.2 Å². The summed E-state index contributed by atoms with van der Waals surface area (Å²) in [6.07, 6.45) is 0. The van der Waals surface area contributed by atoms with Crippen LogP contribution in [-0.2, 0) is 0 Å². The summed E-state index contributed by atoms with van der Waals surface area (Å²) in [7, 11) is 0. The lowest BCUT2D eigenvalue weighted by atomic mass is 9.98. The lowest BCUT2D eigenvalue weighted by molar-refractivity contribution is 0.600. The molecule has 4 rings (SSSR count). The Bertz CT molecular complexity index is 1070. The van der Waals surface area contributed by atoms with Gasteiger partial charge in [0, 0.05) is 11.6 Å². The predicted molar refractivity (Wildman–Crippen MR) is 93.3 cm³/mol. The van der Waals surface area contributed by atoms with Gasteiger partial charge in [0.05, 0.1) is 10.9 Å². The highest BCUT2D eigenvalue weighted by molar-refractivity contribution is 5.89.